The van der Waals surface area contributed by atoms with Crippen LogP contribution in [0.4, 0.5) is 0 Å². The molecular formula is C17H28N4O3. The molecule has 0 aromatic carbocycles. The molecular weight excluding hydrogens is 308 g/mol. The number of hydrogen-bond donors (Lipinski definition) is 1. The molecule has 24 heavy (non-hydrogen) atoms. The molecule has 134 valence electrons. The lowest BCUT2D eigenvalue weighted by atomic mass is 9.91. The van der Waals surface area contributed by atoms with Gasteiger partial charge in [0.15, 0.2) is 0 Å². The topological polar surface area (TPSA) is 78.5 Å². The molecule has 1 aliphatic heterocycles. The molecule has 0 saturated carbocycles. The van der Waals surface area contributed by atoms with Gasteiger partial charge in [0.1, 0.15) is 5.69 Å². The molecule has 7 nitrogen and oxygen atoms in total. The number of H-pyrrole nitrogens is 1. The number of hydrogen-bond acceptors (Lipinski definition) is 5. The number of carbonyl (C=O) groups excluding carboxylic acids is 1. The van der Waals surface area contributed by atoms with E-state index in [2.05, 4.69) is 14.9 Å². The highest BCUT2D eigenvalue weighted by atomic mass is 16.5. The Bertz CT molecular complexity index is 615. The van der Waals surface area contributed by atoms with Gasteiger partial charge in [0.2, 0.25) is 0 Å². The van der Waals surface area contributed by atoms with Crippen molar-refractivity contribution >= 4 is 5.91 Å². The minimum absolute atomic E-state index is 0.192. The van der Waals surface area contributed by atoms with Crippen molar-refractivity contribution < 1.29 is 9.53 Å². The lowest BCUT2D eigenvalue weighted by Gasteiger charge is -2.29. The van der Waals surface area contributed by atoms with Gasteiger partial charge in [0.05, 0.1) is 13.2 Å². The number of aromatic nitrogens is 2. The zero-order valence-corrected chi connectivity index (χ0v) is 15.1. The van der Waals surface area contributed by atoms with E-state index in [0.717, 1.165) is 38.5 Å². The molecule has 0 radical (unpaired) electrons. The second-order valence-electron chi connectivity index (χ2n) is 7.07. The number of nitrogens with one attached hydrogen (secondary N) is 1. The number of carbonyl (C=O) groups is 1. The van der Waals surface area contributed by atoms with Gasteiger partial charge in [-0.2, -0.15) is 4.98 Å². The van der Waals surface area contributed by atoms with Gasteiger partial charge in [-0.1, -0.05) is 20.8 Å². The predicted octanol–water partition coefficient (Wildman–Crippen LogP) is 0.862. The Morgan fingerprint density at radius 1 is 1.38 bits per heavy atom. The summed E-state index contributed by atoms with van der Waals surface area (Å²) in [5.41, 5.74) is 0.208. The Hall–Kier alpha value is -1.73. The van der Waals surface area contributed by atoms with Crippen LogP contribution in [-0.4, -0.2) is 71.6 Å². The second-order valence-corrected chi connectivity index (χ2v) is 7.07. The van der Waals surface area contributed by atoms with E-state index in [-0.39, 0.29) is 17.0 Å². The number of morpholine rings is 1. The van der Waals surface area contributed by atoms with Crippen LogP contribution in [-0.2, 0) is 10.2 Å². The molecule has 1 aliphatic rings. The standard InChI is InChI=1S/C17H28N4O3/c1-5-21(7-6-20-8-10-24-11-9-20)15(22)13-12-14(17(2,3)4)19-16(23)18-13/h12H,5-11H2,1-4H3,(H,18,19,23). The number of amides is 1. The summed E-state index contributed by atoms with van der Waals surface area (Å²) in [6.07, 6.45) is 0. The first-order chi connectivity index (χ1) is 11.3. The monoisotopic (exact) mass is 336 g/mol. The Morgan fingerprint density at radius 2 is 2.04 bits per heavy atom. The third kappa shape index (κ3) is 4.88. The van der Waals surface area contributed by atoms with Gasteiger partial charge < -0.3 is 14.6 Å². The molecule has 1 aromatic heterocycles. The highest BCUT2D eigenvalue weighted by Gasteiger charge is 2.22. The van der Waals surface area contributed by atoms with E-state index in [9.17, 15) is 9.59 Å². The first-order valence-corrected chi connectivity index (χ1v) is 8.52. The van der Waals surface area contributed by atoms with Crippen LogP contribution in [0.25, 0.3) is 0 Å². The molecule has 1 saturated heterocycles. The lowest BCUT2D eigenvalue weighted by Crippen LogP contribution is -2.43. The summed E-state index contributed by atoms with van der Waals surface area (Å²) in [6, 6.07) is 1.70. The summed E-state index contributed by atoms with van der Waals surface area (Å²) in [5, 5.41) is 0. The van der Waals surface area contributed by atoms with Crippen LogP contribution >= 0.6 is 0 Å². The van der Waals surface area contributed by atoms with Crippen molar-refractivity contribution in [2.75, 3.05) is 45.9 Å². The normalized spacial score (nSPS) is 16.2. The maximum absolute atomic E-state index is 12.7. The van der Waals surface area contributed by atoms with E-state index in [1.165, 1.54) is 0 Å². The number of ether oxygens (including phenoxy) is 1. The van der Waals surface area contributed by atoms with Crippen molar-refractivity contribution in [3.05, 3.63) is 27.9 Å². The van der Waals surface area contributed by atoms with Crippen LogP contribution in [0.1, 0.15) is 43.9 Å². The van der Waals surface area contributed by atoms with Gasteiger partial charge in [-0.3, -0.25) is 9.69 Å². The summed E-state index contributed by atoms with van der Waals surface area (Å²) in [6.45, 7) is 13.2. The van der Waals surface area contributed by atoms with E-state index in [4.69, 9.17) is 4.74 Å². The largest absolute Gasteiger partial charge is 0.379 e. The quantitative estimate of drug-likeness (QED) is 0.863. The fourth-order valence-electron chi connectivity index (χ4n) is 2.62. The third-order valence-electron chi connectivity index (χ3n) is 4.23. The number of aromatic amines is 1. The minimum Gasteiger partial charge on any atom is -0.379 e. The Balaban J connectivity index is 2.10. The van der Waals surface area contributed by atoms with E-state index in [1.54, 1.807) is 11.0 Å². The van der Waals surface area contributed by atoms with Crippen molar-refractivity contribution in [2.24, 2.45) is 0 Å². The molecule has 2 heterocycles. The molecule has 1 aromatic rings. The summed E-state index contributed by atoms with van der Waals surface area (Å²) >= 11 is 0. The SMILES string of the molecule is CCN(CCN1CCOCC1)C(=O)c1cc(C(C)(C)C)[nH]c(=O)n1. The van der Waals surface area contributed by atoms with E-state index < -0.39 is 5.69 Å². The van der Waals surface area contributed by atoms with Crippen molar-refractivity contribution in [3.63, 3.8) is 0 Å². The minimum atomic E-state index is -0.477. The average molecular weight is 336 g/mol. The fraction of sp³-hybridized carbons (Fsp3) is 0.706. The Morgan fingerprint density at radius 3 is 2.62 bits per heavy atom. The van der Waals surface area contributed by atoms with E-state index in [1.807, 2.05) is 27.7 Å². The summed E-state index contributed by atoms with van der Waals surface area (Å²) in [7, 11) is 0. The molecule has 0 atom stereocenters. The molecule has 1 N–H and O–H groups in total. The molecule has 1 amide bonds. The predicted molar refractivity (Wildman–Crippen MR) is 92.4 cm³/mol. The summed E-state index contributed by atoms with van der Waals surface area (Å²) < 4.78 is 5.34. The first-order valence-electron chi connectivity index (χ1n) is 8.52. The van der Waals surface area contributed by atoms with Gasteiger partial charge in [-0.05, 0) is 13.0 Å². The fourth-order valence-corrected chi connectivity index (χ4v) is 2.62. The first kappa shape index (κ1) is 18.6. The van der Waals surface area contributed by atoms with Crippen LogP contribution in [0.15, 0.2) is 10.9 Å². The van der Waals surface area contributed by atoms with Crippen molar-refractivity contribution in [1.29, 1.82) is 0 Å². The van der Waals surface area contributed by atoms with Crippen LogP contribution < -0.4 is 5.69 Å². The number of rotatable bonds is 5. The second kappa shape index (κ2) is 7.90. The van der Waals surface area contributed by atoms with E-state index in [0.29, 0.717) is 13.1 Å². The summed E-state index contributed by atoms with van der Waals surface area (Å²) in [5.74, 6) is -0.192. The van der Waals surface area contributed by atoms with Crippen LogP contribution in [0.3, 0.4) is 0 Å². The molecule has 7 heteroatoms. The van der Waals surface area contributed by atoms with Crippen molar-refractivity contribution in [3.8, 4) is 0 Å². The molecule has 0 bridgehead atoms. The maximum Gasteiger partial charge on any atom is 0.345 e. The molecule has 0 aliphatic carbocycles. The molecule has 2 rings (SSSR count). The molecule has 1 fully saturated rings. The summed E-state index contributed by atoms with van der Waals surface area (Å²) in [4.78, 5) is 35.2. The van der Waals surface area contributed by atoms with E-state index >= 15 is 0 Å². The molecule has 0 unspecified atom stereocenters. The number of nitrogens with zero attached hydrogens (tertiary/aromatic N) is 3. The lowest BCUT2D eigenvalue weighted by molar-refractivity contribution is 0.0327. The van der Waals surface area contributed by atoms with Gasteiger partial charge in [0, 0.05) is 43.8 Å². The Kier molecular flexibility index (Phi) is 6.12. The average Bonchev–Trinajstić information content (AvgIpc) is 2.55. The zero-order valence-electron chi connectivity index (χ0n) is 15.1. The number of likely N-dealkylation sites (N-methyl/N-ethyl adjacent to an activating group) is 1. The van der Waals surface area contributed by atoms with Gasteiger partial charge in [0.25, 0.3) is 5.91 Å². The third-order valence-corrected chi connectivity index (χ3v) is 4.23. The highest BCUT2D eigenvalue weighted by Crippen LogP contribution is 2.19. The highest BCUT2D eigenvalue weighted by molar-refractivity contribution is 5.92. The smallest absolute Gasteiger partial charge is 0.345 e. The van der Waals surface area contributed by atoms with Crippen molar-refractivity contribution in [2.45, 2.75) is 33.1 Å². The zero-order chi connectivity index (χ0) is 17.7. The maximum atomic E-state index is 12.7. The Labute approximate surface area is 143 Å². The van der Waals surface area contributed by atoms with Crippen molar-refractivity contribution in [1.82, 2.24) is 19.8 Å². The van der Waals surface area contributed by atoms with Gasteiger partial charge >= 0.3 is 5.69 Å². The van der Waals surface area contributed by atoms with Crippen LogP contribution in [0.2, 0.25) is 0 Å². The van der Waals surface area contributed by atoms with Gasteiger partial charge in [-0.25, -0.2) is 4.79 Å². The molecule has 0 spiro atoms. The van der Waals surface area contributed by atoms with Crippen LogP contribution in [0, 0.1) is 0 Å². The van der Waals surface area contributed by atoms with Crippen LogP contribution in [0.5, 0.6) is 0 Å². The van der Waals surface area contributed by atoms with Gasteiger partial charge in [-0.15, -0.1) is 0 Å².